The molecule has 1 atom stereocenters. The quantitative estimate of drug-likeness (QED) is 0.513. The van der Waals surface area contributed by atoms with Crippen LogP contribution >= 0.6 is 11.8 Å². The summed E-state index contributed by atoms with van der Waals surface area (Å²) in [5, 5.41) is 8.83. The molecule has 0 bridgehead atoms. The monoisotopic (exact) mass is 279 g/mol. The lowest BCUT2D eigenvalue weighted by molar-refractivity contribution is -0.148. The number of carboxylic acid groups (broad SMARTS) is 1. The van der Waals surface area contributed by atoms with Gasteiger partial charge < -0.3 is 19.9 Å². The van der Waals surface area contributed by atoms with E-state index in [1.165, 1.54) is 6.92 Å². The summed E-state index contributed by atoms with van der Waals surface area (Å²) in [5.74, 6) is -2.38. The van der Waals surface area contributed by atoms with Crippen molar-refractivity contribution in [3.05, 3.63) is 0 Å². The van der Waals surface area contributed by atoms with Gasteiger partial charge in [-0.15, -0.1) is 0 Å². The molecule has 0 heterocycles. The van der Waals surface area contributed by atoms with E-state index < -0.39 is 41.7 Å². The van der Waals surface area contributed by atoms with Gasteiger partial charge in [0.25, 0.3) is 0 Å². The fourth-order valence-corrected chi connectivity index (χ4v) is 1.29. The summed E-state index contributed by atoms with van der Waals surface area (Å²) >= 11 is 0.554. The molecular formula is C9H13NO7S. The van der Waals surface area contributed by atoms with E-state index in [1.54, 1.807) is 0 Å². The highest BCUT2D eigenvalue weighted by molar-refractivity contribution is 8.14. The second-order valence-electron chi connectivity index (χ2n) is 3.02. The zero-order valence-corrected chi connectivity index (χ0v) is 10.6. The third-order valence-electron chi connectivity index (χ3n) is 1.50. The van der Waals surface area contributed by atoms with Gasteiger partial charge in [0.1, 0.15) is 6.54 Å². The van der Waals surface area contributed by atoms with Crippen molar-refractivity contribution in [3.63, 3.8) is 0 Å². The first-order valence-electron chi connectivity index (χ1n) is 4.79. The van der Waals surface area contributed by atoms with Crippen LogP contribution in [0.2, 0.25) is 0 Å². The van der Waals surface area contributed by atoms with Gasteiger partial charge in [0, 0.05) is 6.92 Å². The zero-order valence-electron chi connectivity index (χ0n) is 9.80. The van der Waals surface area contributed by atoms with Crippen molar-refractivity contribution in [1.82, 2.24) is 5.32 Å². The van der Waals surface area contributed by atoms with Crippen molar-refractivity contribution in [2.75, 3.05) is 13.3 Å². The Bertz CT molecular complexity index is 344. The van der Waals surface area contributed by atoms with E-state index in [-0.39, 0.29) is 0 Å². The molecule has 0 saturated carbocycles. The first-order valence-corrected chi connectivity index (χ1v) is 5.67. The molecule has 1 amide bonds. The van der Waals surface area contributed by atoms with E-state index >= 15 is 0 Å². The summed E-state index contributed by atoms with van der Waals surface area (Å²) in [6.07, 6.45) is 0. The van der Waals surface area contributed by atoms with Gasteiger partial charge in [-0.1, -0.05) is 0 Å². The molecule has 0 aliphatic heterocycles. The second-order valence-corrected chi connectivity index (χ2v) is 4.30. The fraction of sp³-hybridized carbons (Fsp3) is 0.556. The Kier molecular flexibility index (Phi) is 7.52. The standard InChI is InChI=1S/C9H13NO7S/c1-5(8(14)10-3-7(12)13)18-9(15)17-4-16-6(2)11/h5H,3-4H2,1-2H3,(H,10,14)(H,12,13). The van der Waals surface area contributed by atoms with Crippen LogP contribution in [0.5, 0.6) is 0 Å². The van der Waals surface area contributed by atoms with Gasteiger partial charge >= 0.3 is 17.2 Å². The zero-order chi connectivity index (χ0) is 14.1. The first-order chi connectivity index (χ1) is 8.32. The largest absolute Gasteiger partial charge is 0.480 e. The van der Waals surface area contributed by atoms with Crippen LogP contribution < -0.4 is 5.32 Å². The molecule has 18 heavy (non-hydrogen) atoms. The molecule has 0 aliphatic rings. The molecule has 8 nitrogen and oxygen atoms in total. The minimum Gasteiger partial charge on any atom is -0.480 e. The number of carbonyl (C=O) groups excluding carboxylic acids is 3. The average molecular weight is 279 g/mol. The maximum atomic E-state index is 11.3. The van der Waals surface area contributed by atoms with Crippen LogP contribution in [0.15, 0.2) is 0 Å². The van der Waals surface area contributed by atoms with E-state index in [0.717, 1.165) is 6.92 Å². The van der Waals surface area contributed by atoms with Gasteiger partial charge in [-0.2, -0.15) is 0 Å². The predicted molar refractivity (Wildman–Crippen MR) is 60.8 cm³/mol. The molecule has 0 aromatic heterocycles. The Hall–Kier alpha value is -1.77. The molecule has 0 aromatic carbocycles. The summed E-state index contributed by atoms with van der Waals surface area (Å²) < 4.78 is 8.84. The molecule has 0 spiro atoms. The van der Waals surface area contributed by atoms with Gasteiger partial charge in [0.2, 0.25) is 12.7 Å². The average Bonchev–Trinajstić information content (AvgIpc) is 2.24. The number of aliphatic carboxylic acids is 1. The molecule has 0 rings (SSSR count). The number of hydrogen-bond donors (Lipinski definition) is 2. The molecule has 0 aromatic rings. The highest BCUT2D eigenvalue weighted by Gasteiger charge is 2.19. The number of nitrogens with one attached hydrogen (secondary N) is 1. The number of amides is 1. The number of ether oxygens (including phenoxy) is 2. The van der Waals surface area contributed by atoms with Crippen molar-refractivity contribution < 1.29 is 33.8 Å². The Morgan fingerprint density at radius 2 is 1.89 bits per heavy atom. The Balaban J connectivity index is 3.88. The SMILES string of the molecule is CC(=O)OCOC(=O)SC(C)C(=O)NCC(=O)O. The molecular weight excluding hydrogens is 266 g/mol. The lowest BCUT2D eigenvalue weighted by Crippen LogP contribution is -2.35. The van der Waals surface area contributed by atoms with Gasteiger partial charge in [0.05, 0.1) is 5.25 Å². The first kappa shape index (κ1) is 16.2. The van der Waals surface area contributed by atoms with Gasteiger partial charge in [0.15, 0.2) is 0 Å². The number of esters is 1. The van der Waals surface area contributed by atoms with E-state index in [9.17, 15) is 19.2 Å². The van der Waals surface area contributed by atoms with E-state index in [4.69, 9.17) is 5.11 Å². The van der Waals surface area contributed by atoms with Crippen molar-refractivity contribution in [2.24, 2.45) is 0 Å². The van der Waals surface area contributed by atoms with Crippen LogP contribution in [0.1, 0.15) is 13.8 Å². The van der Waals surface area contributed by atoms with E-state index in [1.807, 2.05) is 0 Å². The fourth-order valence-electron chi connectivity index (χ4n) is 0.699. The summed E-state index contributed by atoms with van der Waals surface area (Å²) in [6, 6.07) is 0. The van der Waals surface area contributed by atoms with Crippen molar-refractivity contribution in [2.45, 2.75) is 19.1 Å². The van der Waals surface area contributed by atoms with Crippen LogP contribution in [-0.2, 0) is 23.9 Å². The topological polar surface area (TPSA) is 119 Å². The van der Waals surface area contributed by atoms with Crippen LogP contribution in [0.25, 0.3) is 0 Å². The van der Waals surface area contributed by atoms with Crippen LogP contribution in [0.3, 0.4) is 0 Å². The Morgan fingerprint density at radius 3 is 2.39 bits per heavy atom. The smallest absolute Gasteiger partial charge is 0.370 e. The van der Waals surface area contributed by atoms with Gasteiger partial charge in [-0.05, 0) is 18.7 Å². The number of rotatable bonds is 6. The summed E-state index contributed by atoms with van der Waals surface area (Å²) in [6.45, 7) is 1.52. The summed E-state index contributed by atoms with van der Waals surface area (Å²) in [7, 11) is 0. The molecule has 0 fully saturated rings. The maximum Gasteiger partial charge on any atom is 0.370 e. The van der Waals surface area contributed by atoms with Gasteiger partial charge in [-0.25, -0.2) is 4.79 Å². The molecule has 2 N–H and O–H groups in total. The second kappa shape index (κ2) is 8.34. The van der Waals surface area contributed by atoms with Crippen molar-refractivity contribution >= 4 is 34.9 Å². The lowest BCUT2D eigenvalue weighted by atomic mass is 10.4. The summed E-state index contributed by atoms with van der Waals surface area (Å²) in [4.78, 5) is 43.0. The Labute approximate surface area is 107 Å². The predicted octanol–water partition coefficient (Wildman–Crippen LogP) is -0.0339. The number of hydrogen-bond acceptors (Lipinski definition) is 7. The van der Waals surface area contributed by atoms with Crippen LogP contribution in [0, 0.1) is 0 Å². The molecule has 0 aliphatic carbocycles. The Morgan fingerprint density at radius 1 is 1.28 bits per heavy atom. The number of carbonyl (C=O) groups is 4. The molecule has 9 heteroatoms. The van der Waals surface area contributed by atoms with Crippen LogP contribution in [-0.4, -0.2) is 46.8 Å². The van der Waals surface area contributed by atoms with E-state index in [2.05, 4.69) is 14.8 Å². The molecule has 0 radical (unpaired) electrons. The highest BCUT2D eigenvalue weighted by atomic mass is 32.2. The maximum absolute atomic E-state index is 11.3. The number of carboxylic acids is 1. The third-order valence-corrected chi connectivity index (χ3v) is 2.37. The molecule has 0 saturated heterocycles. The van der Waals surface area contributed by atoms with E-state index in [0.29, 0.717) is 11.8 Å². The highest BCUT2D eigenvalue weighted by Crippen LogP contribution is 2.13. The molecule has 102 valence electrons. The minimum atomic E-state index is -1.18. The van der Waals surface area contributed by atoms with Gasteiger partial charge in [-0.3, -0.25) is 14.4 Å². The number of thioether (sulfide) groups is 1. The van der Waals surface area contributed by atoms with Crippen LogP contribution in [0.4, 0.5) is 4.79 Å². The molecule has 1 unspecified atom stereocenters. The van der Waals surface area contributed by atoms with Crippen molar-refractivity contribution in [1.29, 1.82) is 0 Å². The lowest BCUT2D eigenvalue weighted by Gasteiger charge is -2.09. The van der Waals surface area contributed by atoms with Crippen molar-refractivity contribution in [3.8, 4) is 0 Å². The third kappa shape index (κ3) is 8.39. The summed E-state index contributed by atoms with van der Waals surface area (Å²) in [5.41, 5.74) is 0. The normalized spacial score (nSPS) is 11.2. The minimum absolute atomic E-state index is 0.522.